The van der Waals surface area contributed by atoms with E-state index in [4.69, 9.17) is 4.74 Å². The van der Waals surface area contributed by atoms with Crippen LogP contribution < -0.4 is 10.1 Å². The van der Waals surface area contributed by atoms with E-state index in [-0.39, 0.29) is 6.10 Å². The first kappa shape index (κ1) is 14.1. The molecule has 1 atom stereocenters. The zero-order valence-corrected chi connectivity index (χ0v) is 12.6. The summed E-state index contributed by atoms with van der Waals surface area (Å²) in [7, 11) is 1.96. The maximum absolute atomic E-state index is 6.10. The molecule has 0 amide bonds. The molecular formula is C16H18BrNO. The van der Waals surface area contributed by atoms with Crippen LogP contribution in [0.3, 0.4) is 0 Å². The van der Waals surface area contributed by atoms with Crippen molar-refractivity contribution in [2.75, 3.05) is 13.6 Å². The largest absolute Gasteiger partial charge is 0.486 e. The van der Waals surface area contributed by atoms with Crippen LogP contribution >= 0.6 is 15.9 Å². The minimum atomic E-state index is 0.0785. The first-order valence-corrected chi connectivity index (χ1v) is 7.20. The van der Waals surface area contributed by atoms with Gasteiger partial charge in [-0.1, -0.05) is 46.3 Å². The molecule has 100 valence electrons. The Morgan fingerprint density at radius 3 is 2.37 bits per heavy atom. The minimum absolute atomic E-state index is 0.0785. The van der Waals surface area contributed by atoms with Crippen molar-refractivity contribution in [1.82, 2.24) is 5.32 Å². The summed E-state index contributed by atoms with van der Waals surface area (Å²) in [6.45, 7) is 0.927. The van der Waals surface area contributed by atoms with Crippen molar-refractivity contribution in [3.8, 4) is 5.75 Å². The molecule has 19 heavy (non-hydrogen) atoms. The van der Waals surface area contributed by atoms with Crippen molar-refractivity contribution in [3.05, 3.63) is 64.6 Å². The van der Waals surface area contributed by atoms with Crippen molar-refractivity contribution in [2.45, 2.75) is 12.5 Å². The number of halogens is 1. The van der Waals surface area contributed by atoms with E-state index in [9.17, 15) is 0 Å². The number of ether oxygens (including phenoxy) is 1. The quantitative estimate of drug-likeness (QED) is 0.862. The molecular weight excluding hydrogens is 302 g/mol. The SMILES string of the molecule is CNCC[C@@H](Oc1ccc(Br)cc1)c1ccccc1. The molecule has 0 saturated heterocycles. The molecule has 2 rings (SSSR count). The van der Waals surface area contributed by atoms with Crippen molar-refractivity contribution in [3.63, 3.8) is 0 Å². The van der Waals surface area contributed by atoms with Crippen LogP contribution in [0.1, 0.15) is 18.1 Å². The molecule has 0 aromatic heterocycles. The highest BCUT2D eigenvalue weighted by Crippen LogP contribution is 2.25. The lowest BCUT2D eigenvalue weighted by molar-refractivity contribution is 0.195. The first-order chi connectivity index (χ1) is 9.29. The zero-order chi connectivity index (χ0) is 13.5. The van der Waals surface area contributed by atoms with Gasteiger partial charge in [-0.05, 0) is 43.4 Å². The predicted molar refractivity (Wildman–Crippen MR) is 82.5 cm³/mol. The van der Waals surface area contributed by atoms with E-state index in [1.807, 2.05) is 49.5 Å². The molecule has 0 unspecified atom stereocenters. The molecule has 0 bridgehead atoms. The van der Waals surface area contributed by atoms with E-state index in [0.29, 0.717) is 0 Å². The Hall–Kier alpha value is -1.32. The van der Waals surface area contributed by atoms with Crippen LogP contribution in [-0.2, 0) is 0 Å². The van der Waals surface area contributed by atoms with Gasteiger partial charge < -0.3 is 10.1 Å². The molecule has 0 aliphatic heterocycles. The van der Waals surface area contributed by atoms with Crippen LogP contribution in [0.25, 0.3) is 0 Å². The van der Waals surface area contributed by atoms with Gasteiger partial charge in [0.25, 0.3) is 0 Å². The second kappa shape index (κ2) is 7.31. The number of hydrogen-bond acceptors (Lipinski definition) is 2. The van der Waals surface area contributed by atoms with Gasteiger partial charge in [-0.15, -0.1) is 0 Å². The van der Waals surface area contributed by atoms with Crippen molar-refractivity contribution in [2.24, 2.45) is 0 Å². The van der Waals surface area contributed by atoms with Gasteiger partial charge in [0.05, 0.1) is 0 Å². The summed E-state index contributed by atoms with van der Waals surface area (Å²) in [6, 6.07) is 18.3. The van der Waals surface area contributed by atoms with E-state index in [2.05, 4.69) is 33.4 Å². The Balaban J connectivity index is 2.11. The fraction of sp³-hybridized carbons (Fsp3) is 0.250. The van der Waals surface area contributed by atoms with Gasteiger partial charge in [0.2, 0.25) is 0 Å². The zero-order valence-electron chi connectivity index (χ0n) is 11.0. The minimum Gasteiger partial charge on any atom is -0.486 e. The third kappa shape index (κ3) is 4.37. The van der Waals surface area contributed by atoms with Crippen LogP contribution in [0.15, 0.2) is 59.1 Å². The van der Waals surface area contributed by atoms with Gasteiger partial charge in [0.1, 0.15) is 11.9 Å². The summed E-state index contributed by atoms with van der Waals surface area (Å²) in [4.78, 5) is 0. The Kier molecular flexibility index (Phi) is 5.43. The first-order valence-electron chi connectivity index (χ1n) is 6.41. The van der Waals surface area contributed by atoms with Gasteiger partial charge in [-0.3, -0.25) is 0 Å². The normalized spacial score (nSPS) is 12.1. The maximum Gasteiger partial charge on any atom is 0.125 e. The summed E-state index contributed by atoms with van der Waals surface area (Å²) in [6.07, 6.45) is 1.02. The van der Waals surface area contributed by atoms with Gasteiger partial charge >= 0.3 is 0 Å². The van der Waals surface area contributed by atoms with Gasteiger partial charge in [0, 0.05) is 10.9 Å². The summed E-state index contributed by atoms with van der Waals surface area (Å²) in [5, 5.41) is 3.18. The molecule has 2 aromatic carbocycles. The van der Waals surface area contributed by atoms with Crippen molar-refractivity contribution < 1.29 is 4.74 Å². The summed E-state index contributed by atoms with van der Waals surface area (Å²) in [5.74, 6) is 0.896. The Morgan fingerprint density at radius 2 is 1.74 bits per heavy atom. The molecule has 2 aromatic rings. The Labute approximate surface area is 122 Å². The number of hydrogen-bond donors (Lipinski definition) is 1. The lowest BCUT2D eigenvalue weighted by Gasteiger charge is -2.19. The third-order valence-electron chi connectivity index (χ3n) is 2.92. The van der Waals surface area contributed by atoms with E-state index in [0.717, 1.165) is 23.2 Å². The molecule has 0 saturated carbocycles. The maximum atomic E-state index is 6.10. The highest BCUT2D eigenvalue weighted by atomic mass is 79.9. The van der Waals surface area contributed by atoms with E-state index in [1.54, 1.807) is 0 Å². The van der Waals surface area contributed by atoms with Crippen LogP contribution in [0.2, 0.25) is 0 Å². The second-order valence-corrected chi connectivity index (χ2v) is 5.28. The molecule has 0 fully saturated rings. The average molecular weight is 320 g/mol. The number of rotatable bonds is 6. The summed E-state index contributed by atoms with van der Waals surface area (Å²) in [5.41, 5.74) is 1.21. The van der Waals surface area contributed by atoms with Gasteiger partial charge in [0.15, 0.2) is 0 Å². The number of benzene rings is 2. The third-order valence-corrected chi connectivity index (χ3v) is 3.45. The molecule has 1 N–H and O–H groups in total. The smallest absolute Gasteiger partial charge is 0.125 e. The summed E-state index contributed by atoms with van der Waals surface area (Å²) < 4.78 is 7.16. The summed E-state index contributed by atoms with van der Waals surface area (Å²) >= 11 is 3.43. The topological polar surface area (TPSA) is 21.3 Å². The molecule has 3 heteroatoms. The fourth-order valence-electron chi connectivity index (χ4n) is 1.91. The molecule has 0 spiro atoms. The van der Waals surface area contributed by atoms with E-state index >= 15 is 0 Å². The van der Waals surface area contributed by atoms with Crippen LogP contribution in [-0.4, -0.2) is 13.6 Å². The van der Waals surface area contributed by atoms with Crippen LogP contribution in [0, 0.1) is 0 Å². The predicted octanol–water partition coefficient (Wildman–Crippen LogP) is 4.18. The lowest BCUT2D eigenvalue weighted by atomic mass is 10.1. The molecule has 0 aliphatic carbocycles. The Bertz CT molecular complexity index is 484. The number of nitrogens with one attached hydrogen (secondary N) is 1. The van der Waals surface area contributed by atoms with Crippen molar-refractivity contribution >= 4 is 15.9 Å². The fourth-order valence-corrected chi connectivity index (χ4v) is 2.18. The van der Waals surface area contributed by atoms with E-state index in [1.165, 1.54) is 5.56 Å². The van der Waals surface area contributed by atoms with E-state index < -0.39 is 0 Å². The van der Waals surface area contributed by atoms with Crippen LogP contribution in [0.4, 0.5) is 0 Å². The van der Waals surface area contributed by atoms with Crippen LogP contribution in [0.5, 0.6) is 5.75 Å². The highest BCUT2D eigenvalue weighted by Gasteiger charge is 2.12. The highest BCUT2D eigenvalue weighted by molar-refractivity contribution is 9.10. The standard InChI is InChI=1S/C16H18BrNO/c1-18-12-11-16(13-5-3-2-4-6-13)19-15-9-7-14(17)8-10-15/h2-10,16,18H,11-12H2,1H3/t16-/m1/s1. The lowest BCUT2D eigenvalue weighted by Crippen LogP contribution is -2.16. The van der Waals surface area contributed by atoms with Crippen molar-refractivity contribution in [1.29, 1.82) is 0 Å². The monoisotopic (exact) mass is 319 g/mol. The molecule has 0 radical (unpaired) electrons. The average Bonchev–Trinajstić information content (AvgIpc) is 2.46. The van der Waals surface area contributed by atoms with Gasteiger partial charge in [-0.25, -0.2) is 0 Å². The Morgan fingerprint density at radius 1 is 1.05 bits per heavy atom. The second-order valence-electron chi connectivity index (χ2n) is 4.36. The molecule has 0 heterocycles. The molecule has 0 aliphatic rings. The van der Waals surface area contributed by atoms with Gasteiger partial charge in [-0.2, -0.15) is 0 Å². The molecule has 2 nitrogen and oxygen atoms in total.